The maximum absolute atomic E-state index is 13.0. The Bertz CT molecular complexity index is 1130. The fraction of sp³-hybridized carbons (Fsp3) is 0.240. The van der Waals surface area contributed by atoms with E-state index in [9.17, 15) is 19.1 Å². The van der Waals surface area contributed by atoms with Crippen molar-refractivity contribution in [2.45, 2.75) is 32.4 Å². The van der Waals surface area contributed by atoms with E-state index in [4.69, 9.17) is 4.74 Å². The number of aromatic nitrogens is 1. The summed E-state index contributed by atoms with van der Waals surface area (Å²) in [6.07, 6.45) is 0. The number of nitrogens with zero attached hydrogens (tertiary/aromatic N) is 1. The van der Waals surface area contributed by atoms with E-state index in [1.54, 1.807) is 51.1 Å². The average Bonchev–Trinajstić information content (AvgIpc) is 2.78. The molecule has 0 fully saturated rings. The third kappa shape index (κ3) is 7.28. The normalized spacial score (nSPS) is 11.9. The highest BCUT2D eigenvalue weighted by Crippen LogP contribution is 2.25. The van der Waals surface area contributed by atoms with Gasteiger partial charge in [0, 0.05) is 11.1 Å². The van der Waals surface area contributed by atoms with Crippen LogP contribution in [0.1, 0.15) is 20.8 Å². The summed E-state index contributed by atoms with van der Waals surface area (Å²) in [5.41, 5.74) is 0.893. The van der Waals surface area contributed by atoms with Gasteiger partial charge in [0.2, 0.25) is 0 Å². The molecule has 0 unspecified atom stereocenters. The number of aliphatic hydroxyl groups is 1. The van der Waals surface area contributed by atoms with E-state index in [0.29, 0.717) is 17.2 Å². The van der Waals surface area contributed by atoms with Gasteiger partial charge in [0.15, 0.2) is 0 Å². The summed E-state index contributed by atoms with van der Waals surface area (Å²) >= 11 is 0. The summed E-state index contributed by atoms with van der Waals surface area (Å²) in [6, 6.07) is 16.3. The molecular formula is C25H27FN4O4. The molecule has 1 atom stereocenters. The van der Waals surface area contributed by atoms with Crippen LogP contribution < -0.4 is 20.7 Å². The molecule has 3 aromatic rings. The van der Waals surface area contributed by atoms with Crippen molar-refractivity contribution in [1.29, 1.82) is 0 Å². The number of urea groups is 1. The number of hydrogen-bond acceptors (Lipinski definition) is 5. The Morgan fingerprint density at radius 3 is 2.21 bits per heavy atom. The van der Waals surface area contributed by atoms with Crippen molar-refractivity contribution < 1.29 is 23.8 Å². The summed E-state index contributed by atoms with van der Waals surface area (Å²) in [7, 11) is 0. The largest absolute Gasteiger partial charge is 0.457 e. The molecule has 0 spiro atoms. The van der Waals surface area contributed by atoms with E-state index < -0.39 is 30.1 Å². The Morgan fingerprint density at radius 2 is 1.62 bits per heavy atom. The van der Waals surface area contributed by atoms with Crippen LogP contribution >= 0.6 is 0 Å². The van der Waals surface area contributed by atoms with Gasteiger partial charge in [-0.25, -0.2) is 14.2 Å². The van der Waals surface area contributed by atoms with Gasteiger partial charge in [-0.3, -0.25) is 4.79 Å². The number of halogens is 1. The number of aliphatic hydroxyl groups excluding tert-OH is 1. The number of carbonyl (C=O) groups is 2. The highest BCUT2D eigenvalue weighted by atomic mass is 19.1. The van der Waals surface area contributed by atoms with Gasteiger partial charge in [-0.2, -0.15) is 0 Å². The number of amides is 3. The van der Waals surface area contributed by atoms with Crippen molar-refractivity contribution >= 4 is 17.8 Å². The van der Waals surface area contributed by atoms with Crippen molar-refractivity contribution in [2.24, 2.45) is 0 Å². The first-order valence-corrected chi connectivity index (χ1v) is 10.6. The van der Waals surface area contributed by atoms with E-state index >= 15 is 0 Å². The zero-order valence-corrected chi connectivity index (χ0v) is 19.1. The number of ether oxygens (including phenoxy) is 1. The van der Waals surface area contributed by atoms with E-state index in [1.165, 1.54) is 24.3 Å². The molecule has 8 nitrogen and oxygen atoms in total. The Morgan fingerprint density at radius 1 is 1.00 bits per heavy atom. The fourth-order valence-electron chi connectivity index (χ4n) is 2.94. The standard InChI is InChI=1S/C25H27FN4O4/c1-25(2,3)30-24(33)28-21(15-31)23(32)29-22-6-4-5-20(27-22)16-7-11-18(12-8-16)34-19-13-9-17(26)10-14-19/h4-14,21,31H,15H2,1-3H3,(H,27,29,32)(H2,28,30,33)/t21-/m0/s1. The molecule has 2 aromatic carbocycles. The third-order valence-electron chi connectivity index (χ3n) is 4.49. The fourth-order valence-corrected chi connectivity index (χ4v) is 2.94. The lowest BCUT2D eigenvalue weighted by atomic mass is 10.1. The maximum atomic E-state index is 13.0. The van der Waals surface area contributed by atoms with Crippen LogP contribution in [-0.4, -0.2) is 40.2 Å². The summed E-state index contributed by atoms with van der Waals surface area (Å²) in [5.74, 6) is 0.422. The van der Waals surface area contributed by atoms with Crippen LogP contribution in [0.2, 0.25) is 0 Å². The monoisotopic (exact) mass is 466 g/mol. The molecule has 3 amide bonds. The van der Waals surface area contributed by atoms with Crippen LogP contribution in [-0.2, 0) is 4.79 Å². The van der Waals surface area contributed by atoms with Gasteiger partial charge >= 0.3 is 6.03 Å². The van der Waals surface area contributed by atoms with E-state index in [-0.39, 0.29) is 11.6 Å². The molecule has 0 aliphatic rings. The number of nitrogens with one attached hydrogen (secondary N) is 3. The highest BCUT2D eigenvalue weighted by Gasteiger charge is 2.22. The number of carbonyl (C=O) groups excluding carboxylic acids is 2. The first-order valence-electron chi connectivity index (χ1n) is 10.6. The molecule has 1 aromatic heterocycles. The van der Waals surface area contributed by atoms with Crippen LogP contribution in [0.3, 0.4) is 0 Å². The van der Waals surface area contributed by atoms with E-state index in [2.05, 4.69) is 20.9 Å². The minimum absolute atomic E-state index is 0.269. The summed E-state index contributed by atoms with van der Waals surface area (Å²) < 4.78 is 18.7. The zero-order chi connectivity index (χ0) is 24.7. The SMILES string of the molecule is CC(C)(C)NC(=O)N[C@@H](CO)C(=O)Nc1cccc(-c2ccc(Oc3ccc(F)cc3)cc2)n1. The van der Waals surface area contributed by atoms with Crippen LogP contribution in [0.25, 0.3) is 11.3 Å². The van der Waals surface area contributed by atoms with Gasteiger partial charge in [0.05, 0.1) is 12.3 Å². The lowest BCUT2D eigenvalue weighted by Gasteiger charge is -2.23. The minimum atomic E-state index is -1.14. The number of benzene rings is 2. The molecule has 34 heavy (non-hydrogen) atoms. The van der Waals surface area contributed by atoms with Crippen LogP contribution in [0.15, 0.2) is 66.7 Å². The predicted octanol–water partition coefficient (Wildman–Crippen LogP) is 4.08. The molecule has 0 saturated heterocycles. The van der Waals surface area contributed by atoms with Crippen LogP contribution in [0.5, 0.6) is 11.5 Å². The molecule has 4 N–H and O–H groups in total. The molecule has 0 saturated carbocycles. The first-order chi connectivity index (χ1) is 16.1. The van der Waals surface area contributed by atoms with Gasteiger partial charge in [-0.1, -0.05) is 6.07 Å². The second kappa shape index (κ2) is 10.8. The smallest absolute Gasteiger partial charge is 0.315 e. The molecule has 3 rings (SSSR count). The molecule has 0 radical (unpaired) electrons. The second-order valence-corrected chi connectivity index (χ2v) is 8.56. The molecule has 9 heteroatoms. The Balaban J connectivity index is 1.65. The molecule has 178 valence electrons. The van der Waals surface area contributed by atoms with Crippen molar-refractivity contribution in [3.8, 4) is 22.8 Å². The van der Waals surface area contributed by atoms with Gasteiger partial charge in [0.25, 0.3) is 5.91 Å². The number of hydrogen-bond donors (Lipinski definition) is 4. The first kappa shape index (κ1) is 24.7. The summed E-state index contributed by atoms with van der Waals surface area (Å²) in [5, 5.41) is 17.3. The molecular weight excluding hydrogens is 439 g/mol. The summed E-state index contributed by atoms with van der Waals surface area (Å²) in [6.45, 7) is 4.84. The Kier molecular flexibility index (Phi) is 7.80. The summed E-state index contributed by atoms with van der Waals surface area (Å²) in [4.78, 5) is 29.0. The van der Waals surface area contributed by atoms with Gasteiger partial charge < -0.3 is 25.8 Å². The van der Waals surface area contributed by atoms with Crippen molar-refractivity contribution in [2.75, 3.05) is 11.9 Å². The number of rotatable bonds is 7. The molecule has 0 bridgehead atoms. The zero-order valence-electron chi connectivity index (χ0n) is 19.1. The van der Waals surface area contributed by atoms with Crippen molar-refractivity contribution in [3.63, 3.8) is 0 Å². The van der Waals surface area contributed by atoms with Gasteiger partial charge in [-0.05, 0) is 81.4 Å². The number of pyridine rings is 1. The highest BCUT2D eigenvalue weighted by molar-refractivity contribution is 5.96. The Labute approximate surface area is 197 Å². The molecule has 0 aliphatic carbocycles. The minimum Gasteiger partial charge on any atom is -0.457 e. The second-order valence-electron chi connectivity index (χ2n) is 8.56. The molecule has 0 aliphatic heterocycles. The quantitative estimate of drug-likeness (QED) is 0.419. The topological polar surface area (TPSA) is 113 Å². The van der Waals surface area contributed by atoms with Crippen LogP contribution in [0.4, 0.5) is 15.0 Å². The lowest BCUT2D eigenvalue weighted by molar-refractivity contribution is -0.118. The lowest BCUT2D eigenvalue weighted by Crippen LogP contribution is -2.53. The predicted molar refractivity (Wildman–Crippen MR) is 127 cm³/mol. The third-order valence-corrected chi connectivity index (χ3v) is 4.49. The van der Waals surface area contributed by atoms with Crippen LogP contribution in [0, 0.1) is 5.82 Å². The maximum Gasteiger partial charge on any atom is 0.315 e. The molecule has 1 heterocycles. The van der Waals surface area contributed by atoms with E-state index in [0.717, 1.165) is 5.56 Å². The van der Waals surface area contributed by atoms with Crippen molar-refractivity contribution in [3.05, 3.63) is 72.5 Å². The van der Waals surface area contributed by atoms with Crippen molar-refractivity contribution in [1.82, 2.24) is 15.6 Å². The average molecular weight is 467 g/mol. The van der Waals surface area contributed by atoms with Gasteiger partial charge in [-0.15, -0.1) is 0 Å². The Hall–Kier alpha value is -3.98. The number of anilines is 1. The van der Waals surface area contributed by atoms with Gasteiger partial charge in [0.1, 0.15) is 29.2 Å². The van der Waals surface area contributed by atoms with E-state index in [1.807, 2.05) is 12.1 Å².